The lowest BCUT2D eigenvalue weighted by Gasteiger charge is -2.05. The molecular formula is C9H15N3O. The zero-order valence-electron chi connectivity index (χ0n) is 7.79. The molecule has 0 unspecified atom stereocenters. The molecule has 2 N–H and O–H groups in total. The van der Waals surface area contributed by atoms with E-state index in [4.69, 9.17) is 0 Å². The number of amides is 2. The van der Waals surface area contributed by atoms with Gasteiger partial charge in [-0.3, -0.25) is 0 Å². The van der Waals surface area contributed by atoms with Crippen molar-refractivity contribution in [2.75, 3.05) is 13.1 Å². The van der Waals surface area contributed by atoms with Crippen molar-refractivity contribution in [1.82, 2.24) is 15.2 Å². The fourth-order valence-corrected chi connectivity index (χ4v) is 1.04. The van der Waals surface area contributed by atoms with E-state index in [1.807, 2.05) is 36.0 Å². The van der Waals surface area contributed by atoms with Crippen LogP contribution in [0, 0.1) is 0 Å². The molecule has 0 saturated carbocycles. The van der Waals surface area contributed by atoms with E-state index in [1.165, 1.54) is 0 Å². The Balaban J connectivity index is 2.11. The molecule has 1 rings (SSSR count). The smallest absolute Gasteiger partial charge is 0.314 e. The van der Waals surface area contributed by atoms with Crippen molar-refractivity contribution < 1.29 is 4.79 Å². The lowest BCUT2D eigenvalue weighted by Crippen LogP contribution is -2.36. The minimum atomic E-state index is -0.102. The van der Waals surface area contributed by atoms with Gasteiger partial charge < -0.3 is 15.2 Å². The predicted molar refractivity (Wildman–Crippen MR) is 51.5 cm³/mol. The van der Waals surface area contributed by atoms with Gasteiger partial charge in [-0.2, -0.15) is 0 Å². The normalized spacial score (nSPS) is 9.62. The van der Waals surface area contributed by atoms with Crippen LogP contribution in [-0.4, -0.2) is 23.7 Å². The third kappa shape index (κ3) is 3.64. The standard InChI is InChI=1S/C9H15N3O/c1-2-10-9(13)11-5-8-12-6-3-4-7-12/h3-4,6-7H,2,5,8H2,1H3,(H2,10,11,13). The zero-order chi connectivity index (χ0) is 9.52. The quantitative estimate of drug-likeness (QED) is 0.709. The molecule has 0 aliphatic carbocycles. The highest BCUT2D eigenvalue weighted by atomic mass is 16.2. The Morgan fingerprint density at radius 1 is 1.31 bits per heavy atom. The van der Waals surface area contributed by atoms with Crippen LogP contribution in [0.3, 0.4) is 0 Å². The van der Waals surface area contributed by atoms with Crippen molar-refractivity contribution in [3.8, 4) is 0 Å². The Morgan fingerprint density at radius 3 is 2.62 bits per heavy atom. The highest BCUT2D eigenvalue weighted by Crippen LogP contribution is 1.87. The molecule has 0 bridgehead atoms. The number of hydrogen-bond donors (Lipinski definition) is 2. The molecule has 0 atom stereocenters. The van der Waals surface area contributed by atoms with E-state index >= 15 is 0 Å². The summed E-state index contributed by atoms with van der Waals surface area (Å²) < 4.78 is 2.02. The molecule has 0 saturated heterocycles. The monoisotopic (exact) mass is 181 g/mol. The first-order valence-corrected chi connectivity index (χ1v) is 4.45. The van der Waals surface area contributed by atoms with E-state index in [9.17, 15) is 4.79 Å². The lowest BCUT2D eigenvalue weighted by atomic mass is 10.6. The second-order valence-electron chi connectivity index (χ2n) is 2.71. The molecule has 0 spiro atoms. The van der Waals surface area contributed by atoms with Crippen LogP contribution in [0.1, 0.15) is 6.92 Å². The van der Waals surface area contributed by atoms with Crippen LogP contribution >= 0.6 is 0 Å². The molecule has 72 valence electrons. The van der Waals surface area contributed by atoms with E-state index in [1.54, 1.807) is 0 Å². The minimum Gasteiger partial charge on any atom is -0.353 e. The van der Waals surface area contributed by atoms with Gasteiger partial charge in [0.15, 0.2) is 0 Å². The van der Waals surface area contributed by atoms with Crippen molar-refractivity contribution >= 4 is 6.03 Å². The number of urea groups is 1. The van der Waals surface area contributed by atoms with Gasteiger partial charge in [0.25, 0.3) is 0 Å². The maximum absolute atomic E-state index is 10.9. The number of rotatable bonds is 4. The Hall–Kier alpha value is -1.45. The van der Waals surface area contributed by atoms with Gasteiger partial charge in [-0.05, 0) is 19.1 Å². The van der Waals surface area contributed by atoms with Crippen molar-refractivity contribution in [2.24, 2.45) is 0 Å². The number of aromatic nitrogens is 1. The molecule has 1 aromatic heterocycles. The predicted octanol–water partition coefficient (Wildman–Crippen LogP) is 0.807. The molecule has 0 radical (unpaired) electrons. The first kappa shape index (κ1) is 9.64. The summed E-state index contributed by atoms with van der Waals surface area (Å²) in [5.41, 5.74) is 0. The van der Waals surface area contributed by atoms with Crippen LogP contribution in [-0.2, 0) is 6.54 Å². The van der Waals surface area contributed by atoms with Gasteiger partial charge in [-0.25, -0.2) is 4.79 Å². The third-order valence-corrected chi connectivity index (χ3v) is 1.66. The summed E-state index contributed by atoms with van der Waals surface area (Å²) in [7, 11) is 0. The summed E-state index contributed by atoms with van der Waals surface area (Å²) >= 11 is 0. The number of carbonyl (C=O) groups excluding carboxylic acids is 1. The molecule has 13 heavy (non-hydrogen) atoms. The Morgan fingerprint density at radius 2 is 2.00 bits per heavy atom. The lowest BCUT2D eigenvalue weighted by molar-refractivity contribution is 0.241. The molecule has 4 heteroatoms. The minimum absolute atomic E-state index is 0.102. The first-order valence-electron chi connectivity index (χ1n) is 4.45. The molecule has 1 aromatic rings. The number of nitrogens with one attached hydrogen (secondary N) is 2. The van der Waals surface area contributed by atoms with Crippen LogP contribution in [0.25, 0.3) is 0 Å². The summed E-state index contributed by atoms with van der Waals surface area (Å²) in [4.78, 5) is 10.9. The summed E-state index contributed by atoms with van der Waals surface area (Å²) in [6.45, 7) is 4.02. The maximum atomic E-state index is 10.9. The fourth-order valence-electron chi connectivity index (χ4n) is 1.04. The van der Waals surface area contributed by atoms with Gasteiger partial charge in [-0.15, -0.1) is 0 Å². The Bertz CT molecular complexity index is 243. The highest BCUT2D eigenvalue weighted by Gasteiger charge is 1.95. The highest BCUT2D eigenvalue weighted by molar-refractivity contribution is 5.73. The van der Waals surface area contributed by atoms with Gasteiger partial charge in [0.2, 0.25) is 0 Å². The molecule has 0 fully saturated rings. The molecule has 0 aliphatic rings. The molecule has 0 aromatic carbocycles. The average molecular weight is 181 g/mol. The van der Waals surface area contributed by atoms with Crippen molar-refractivity contribution in [2.45, 2.75) is 13.5 Å². The zero-order valence-corrected chi connectivity index (χ0v) is 7.79. The van der Waals surface area contributed by atoms with Crippen molar-refractivity contribution in [1.29, 1.82) is 0 Å². The summed E-state index contributed by atoms with van der Waals surface area (Å²) in [6.07, 6.45) is 3.94. The van der Waals surface area contributed by atoms with Crippen LogP contribution in [0.5, 0.6) is 0 Å². The van der Waals surface area contributed by atoms with Gasteiger partial charge >= 0.3 is 6.03 Å². The second-order valence-corrected chi connectivity index (χ2v) is 2.71. The summed E-state index contributed by atoms with van der Waals surface area (Å²) in [6, 6.07) is 3.83. The number of hydrogen-bond acceptors (Lipinski definition) is 1. The topological polar surface area (TPSA) is 46.1 Å². The van der Waals surface area contributed by atoms with Gasteiger partial charge in [0.1, 0.15) is 0 Å². The van der Waals surface area contributed by atoms with Crippen LogP contribution in [0.4, 0.5) is 4.79 Å². The first-order chi connectivity index (χ1) is 6.33. The largest absolute Gasteiger partial charge is 0.353 e. The van der Waals surface area contributed by atoms with E-state index in [2.05, 4.69) is 10.6 Å². The summed E-state index contributed by atoms with van der Waals surface area (Å²) in [5.74, 6) is 0. The van der Waals surface area contributed by atoms with E-state index in [0.717, 1.165) is 6.54 Å². The third-order valence-electron chi connectivity index (χ3n) is 1.66. The maximum Gasteiger partial charge on any atom is 0.314 e. The van der Waals surface area contributed by atoms with Crippen LogP contribution in [0.15, 0.2) is 24.5 Å². The number of nitrogens with zero attached hydrogens (tertiary/aromatic N) is 1. The molecule has 1 heterocycles. The van der Waals surface area contributed by atoms with Gasteiger partial charge in [0.05, 0.1) is 0 Å². The van der Waals surface area contributed by atoms with Gasteiger partial charge in [0, 0.05) is 32.0 Å². The van der Waals surface area contributed by atoms with Gasteiger partial charge in [-0.1, -0.05) is 0 Å². The van der Waals surface area contributed by atoms with E-state index in [0.29, 0.717) is 13.1 Å². The van der Waals surface area contributed by atoms with Crippen molar-refractivity contribution in [3.05, 3.63) is 24.5 Å². The second kappa shape index (κ2) is 5.24. The van der Waals surface area contributed by atoms with Crippen LogP contribution in [0.2, 0.25) is 0 Å². The van der Waals surface area contributed by atoms with E-state index in [-0.39, 0.29) is 6.03 Å². The van der Waals surface area contributed by atoms with Crippen molar-refractivity contribution in [3.63, 3.8) is 0 Å². The molecule has 4 nitrogen and oxygen atoms in total. The summed E-state index contributed by atoms with van der Waals surface area (Å²) in [5, 5.41) is 5.42. The Labute approximate surface area is 77.9 Å². The molecule has 0 aliphatic heterocycles. The Kier molecular flexibility index (Phi) is 3.88. The molecule has 2 amide bonds. The fraction of sp³-hybridized carbons (Fsp3) is 0.444. The SMILES string of the molecule is CCNC(=O)NCCn1cccc1. The van der Waals surface area contributed by atoms with Crippen LogP contribution < -0.4 is 10.6 Å². The van der Waals surface area contributed by atoms with E-state index < -0.39 is 0 Å². The number of carbonyl (C=O) groups is 1. The molecular weight excluding hydrogens is 166 g/mol. The average Bonchev–Trinajstić information content (AvgIpc) is 2.57.